The van der Waals surface area contributed by atoms with Crippen molar-refractivity contribution in [2.45, 2.75) is 6.42 Å². The van der Waals surface area contributed by atoms with Crippen LogP contribution in [0.4, 0.5) is 0 Å². The first-order chi connectivity index (χ1) is 4.22. The predicted octanol–water partition coefficient (Wildman–Crippen LogP) is 0.843. The highest BCUT2D eigenvalue weighted by atomic mass is 16.3. The summed E-state index contributed by atoms with van der Waals surface area (Å²) in [4.78, 5) is 10.5. The minimum Gasteiger partial charge on any atom is -0.504 e. The molecule has 0 atom stereocenters. The summed E-state index contributed by atoms with van der Waals surface area (Å²) in [5.41, 5.74) is 0. The van der Waals surface area contributed by atoms with E-state index in [1.165, 1.54) is 12.2 Å². The van der Waals surface area contributed by atoms with Crippen molar-refractivity contribution in [3.63, 3.8) is 0 Å². The Balaban J connectivity index is 2.86. The van der Waals surface area contributed by atoms with E-state index in [0.29, 0.717) is 6.42 Å². The maximum atomic E-state index is 10.5. The Kier molecular flexibility index (Phi) is 1.26. The Hall–Kier alpha value is -1.25. The van der Waals surface area contributed by atoms with Gasteiger partial charge in [-0.15, -0.1) is 0 Å². The maximum absolute atomic E-state index is 10.5. The van der Waals surface area contributed by atoms with Crippen LogP contribution in [0.1, 0.15) is 6.42 Å². The van der Waals surface area contributed by atoms with E-state index in [4.69, 9.17) is 10.2 Å². The van der Waals surface area contributed by atoms with E-state index in [1.807, 2.05) is 0 Å². The van der Waals surface area contributed by atoms with Gasteiger partial charge in [0.2, 0.25) is 0 Å². The Morgan fingerprint density at radius 3 is 2.00 bits per heavy atom. The van der Waals surface area contributed by atoms with Crippen molar-refractivity contribution in [3.8, 4) is 0 Å². The number of ketones is 1. The third kappa shape index (κ3) is 0.937. The molecule has 0 aliphatic heterocycles. The van der Waals surface area contributed by atoms with Crippen molar-refractivity contribution in [2.75, 3.05) is 0 Å². The van der Waals surface area contributed by atoms with Gasteiger partial charge >= 0.3 is 0 Å². The zero-order valence-electron chi connectivity index (χ0n) is 4.66. The highest BCUT2D eigenvalue weighted by Gasteiger charge is 2.14. The van der Waals surface area contributed by atoms with Crippen LogP contribution in [-0.2, 0) is 4.79 Å². The van der Waals surface area contributed by atoms with E-state index < -0.39 is 5.78 Å². The highest BCUT2D eigenvalue weighted by molar-refractivity contribution is 6.05. The molecule has 0 saturated heterocycles. The number of carbonyl (C=O) groups excluding carboxylic acids is 1. The van der Waals surface area contributed by atoms with Crippen LogP contribution in [0.25, 0.3) is 0 Å². The second-order valence-corrected chi connectivity index (χ2v) is 1.74. The van der Waals surface area contributed by atoms with Crippen LogP contribution in [0.2, 0.25) is 0 Å². The van der Waals surface area contributed by atoms with E-state index in [2.05, 4.69) is 0 Å². The van der Waals surface area contributed by atoms with Crippen molar-refractivity contribution in [1.29, 1.82) is 0 Å². The number of aliphatic hydroxyl groups excluding tert-OH is 2. The van der Waals surface area contributed by atoms with Crippen LogP contribution in [-0.4, -0.2) is 16.0 Å². The number of rotatable bonds is 0. The standard InChI is InChI=1S/C6H6O3/c7-4-2-1-3-5(8)6(4)9/h2-3,7-8H,1H2. The van der Waals surface area contributed by atoms with Crippen molar-refractivity contribution >= 4 is 5.78 Å². The molecule has 0 aromatic rings. The number of hydrogen-bond donors (Lipinski definition) is 2. The lowest BCUT2D eigenvalue weighted by Gasteiger charge is -2.01. The summed E-state index contributed by atoms with van der Waals surface area (Å²) in [5.74, 6) is -1.42. The molecular formula is C6H6O3. The number of allylic oxidation sites excluding steroid dienone is 2. The fourth-order valence-corrected chi connectivity index (χ4v) is 0.599. The Bertz CT molecular complexity index is 180. The number of Topliss-reactive ketones (excluding diaryl/α,β-unsaturated/α-hetero) is 1. The molecule has 0 radical (unpaired) electrons. The SMILES string of the molecule is O=C1C(O)=CCC=C1O. The molecule has 0 aromatic heterocycles. The molecule has 9 heavy (non-hydrogen) atoms. The minimum absolute atomic E-state index is 0.366. The number of hydrogen-bond acceptors (Lipinski definition) is 3. The van der Waals surface area contributed by atoms with E-state index >= 15 is 0 Å². The number of carbonyl (C=O) groups is 1. The molecule has 0 unspecified atom stereocenters. The number of aliphatic hydroxyl groups is 2. The lowest BCUT2D eigenvalue weighted by atomic mass is 10.1. The molecule has 1 aliphatic rings. The summed E-state index contributed by atoms with van der Waals surface area (Å²) in [7, 11) is 0. The molecule has 0 spiro atoms. The van der Waals surface area contributed by atoms with Gasteiger partial charge in [-0.05, 0) is 18.6 Å². The molecule has 0 amide bonds. The smallest absolute Gasteiger partial charge is 0.260 e. The summed E-state index contributed by atoms with van der Waals surface area (Å²) in [6.07, 6.45) is 3.12. The molecule has 0 fully saturated rings. The van der Waals surface area contributed by atoms with Crippen molar-refractivity contribution in [2.24, 2.45) is 0 Å². The fraction of sp³-hybridized carbons (Fsp3) is 0.167. The molecule has 0 heterocycles. The van der Waals surface area contributed by atoms with E-state index in [9.17, 15) is 4.79 Å². The first-order valence-corrected chi connectivity index (χ1v) is 2.55. The van der Waals surface area contributed by atoms with E-state index in [1.54, 1.807) is 0 Å². The third-order valence-electron chi connectivity index (χ3n) is 1.09. The van der Waals surface area contributed by atoms with Crippen LogP contribution < -0.4 is 0 Å². The zero-order chi connectivity index (χ0) is 6.85. The Labute approximate surface area is 51.9 Å². The Morgan fingerprint density at radius 1 is 1.22 bits per heavy atom. The van der Waals surface area contributed by atoms with Crippen LogP contribution in [0.5, 0.6) is 0 Å². The molecule has 2 N–H and O–H groups in total. The van der Waals surface area contributed by atoms with Crippen LogP contribution in [0.15, 0.2) is 23.7 Å². The summed E-state index contributed by atoms with van der Waals surface area (Å²) in [5, 5.41) is 17.3. The van der Waals surface area contributed by atoms with Gasteiger partial charge in [0.1, 0.15) is 0 Å². The van der Waals surface area contributed by atoms with Gasteiger partial charge in [0.15, 0.2) is 11.5 Å². The molecule has 3 nitrogen and oxygen atoms in total. The first kappa shape index (κ1) is 5.88. The van der Waals surface area contributed by atoms with Gasteiger partial charge < -0.3 is 10.2 Å². The molecule has 1 rings (SSSR count). The van der Waals surface area contributed by atoms with Gasteiger partial charge in [-0.25, -0.2) is 0 Å². The molecular weight excluding hydrogens is 120 g/mol. The van der Waals surface area contributed by atoms with Gasteiger partial charge in [-0.3, -0.25) is 4.79 Å². The second-order valence-electron chi connectivity index (χ2n) is 1.74. The topological polar surface area (TPSA) is 57.5 Å². The summed E-state index contributed by atoms with van der Waals surface area (Å²) in [6.45, 7) is 0. The van der Waals surface area contributed by atoms with Gasteiger partial charge in [-0.1, -0.05) is 0 Å². The molecule has 1 aliphatic carbocycles. The van der Waals surface area contributed by atoms with E-state index in [-0.39, 0.29) is 11.5 Å². The van der Waals surface area contributed by atoms with E-state index in [0.717, 1.165) is 0 Å². The molecule has 0 saturated carbocycles. The first-order valence-electron chi connectivity index (χ1n) is 2.55. The van der Waals surface area contributed by atoms with Crippen molar-refractivity contribution in [1.82, 2.24) is 0 Å². The zero-order valence-corrected chi connectivity index (χ0v) is 4.66. The average Bonchev–Trinajstić information content (AvgIpc) is 1.83. The third-order valence-corrected chi connectivity index (χ3v) is 1.09. The molecule has 0 aromatic carbocycles. The van der Waals surface area contributed by atoms with Crippen molar-refractivity contribution in [3.05, 3.63) is 23.7 Å². The molecule has 3 heteroatoms. The lowest BCUT2D eigenvalue weighted by molar-refractivity contribution is -0.117. The molecule has 48 valence electrons. The largest absolute Gasteiger partial charge is 0.504 e. The maximum Gasteiger partial charge on any atom is 0.260 e. The van der Waals surface area contributed by atoms with Gasteiger partial charge in [0.25, 0.3) is 5.78 Å². The lowest BCUT2D eigenvalue weighted by Crippen LogP contribution is -2.08. The quantitative estimate of drug-likeness (QED) is 0.505. The van der Waals surface area contributed by atoms with Gasteiger partial charge in [0, 0.05) is 0 Å². The van der Waals surface area contributed by atoms with Crippen LogP contribution in [0, 0.1) is 0 Å². The minimum atomic E-state index is -0.693. The summed E-state index contributed by atoms with van der Waals surface area (Å²) >= 11 is 0. The monoisotopic (exact) mass is 126 g/mol. The highest BCUT2D eigenvalue weighted by Crippen LogP contribution is 2.08. The normalized spacial score (nSPS) is 18.9. The van der Waals surface area contributed by atoms with Gasteiger partial charge in [-0.2, -0.15) is 0 Å². The van der Waals surface area contributed by atoms with Crippen molar-refractivity contribution < 1.29 is 15.0 Å². The Morgan fingerprint density at radius 2 is 1.67 bits per heavy atom. The summed E-state index contributed by atoms with van der Waals surface area (Å²) in [6, 6.07) is 0. The summed E-state index contributed by atoms with van der Waals surface area (Å²) < 4.78 is 0. The van der Waals surface area contributed by atoms with Crippen LogP contribution in [0.3, 0.4) is 0 Å². The van der Waals surface area contributed by atoms with Crippen LogP contribution >= 0.6 is 0 Å². The average molecular weight is 126 g/mol. The van der Waals surface area contributed by atoms with Gasteiger partial charge in [0.05, 0.1) is 0 Å². The fourth-order valence-electron chi connectivity index (χ4n) is 0.599. The second kappa shape index (κ2) is 1.93. The molecule has 0 bridgehead atoms. The predicted molar refractivity (Wildman–Crippen MR) is 31.0 cm³/mol.